The third-order valence-electron chi connectivity index (χ3n) is 5.21. The van der Waals surface area contributed by atoms with E-state index < -0.39 is 10.0 Å². The summed E-state index contributed by atoms with van der Waals surface area (Å²) in [5.74, 6) is 0.218. The Bertz CT molecular complexity index is 993. The molecule has 0 atom stereocenters. The zero-order chi connectivity index (χ0) is 22.4. The highest BCUT2D eigenvalue weighted by molar-refractivity contribution is 7.89. The molecule has 0 spiro atoms. The largest absolute Gasteiger partial charge is 0.492 e. The molecule has 7 nitrogen and oxygen atoms in total. The molecule has 0 unspecified atom stereocenters. The summed E-state index contributed by atoms with van der Waals surface area (Å²) in [6, 6.07) is 13.6. The molecular weight excluding hydrogens is 438 g/mol. The molecule has 0 bridgehead atoms. The van der Waals surface area contributed by atoms with E-state index in [4.69, 9.17) is 16.3 Å². The molecule has 168 valence electrons. The number of carbonyl (C=O) groups excluding carboxylic acids is 1. The molecule has 1 aliphatic rings. The first-order valence-electron chi connectivity index (χ1n) is 10.2. The van der Waals surface area contributed by atoms with Gasteiger partial charge in [0.25, 0.3) is 0 Å². The second kappa shape index (κ2) is 10.5. The van der Waals surface area contributed by atoms with E-state index in [1.807, 2.05) is 44.3 Å². The topological polar surface area (TPSA) is 70.2 Å². The van der Waals surface area contributed by atoms with E-state index in [9.17, 15) is 13.2 Å². The van der Waals surface area contributed by atoms with Gasteiger partial charge in [0.05, 0.1) is 23.1 Å². The van der Waals surface area contributed by atoms with Crippen LogP contribution >= 0.6 is 11.6 Å². The van der Waals surface area contributed by atoms with Crippen molar-refractivity contribution in [3.05, 3.63) is 59.1 Å². The van der Waals surface area contributed by atoms with E-state index in [0.29, 0.717) is 25.4 Å². The average Bonchev–Trinajstić information content (AvgIpc) is 2.76. The van der Waals surface area contributed by atoms with Crippen LogP contribution in [0.2, 0.25) is 5.02 Å². The highest BCUT2D eigenvalue weighted by atomic mass is 35.5. The summed E-state index contributed by atoms with van der Waals surface area (Å²) in [5.41, 5.74) is 0.800. The van der Waals surface area contributed by atoms with Crippen LogP contribution < -0.4 is 4.74 Å². The minimum Gasteiger partial charge on any atom is -0.492 e. The van der Waals surface area contributed by atoms with Gasteiger partial charge < -0.3 is 14.5 Å². The third-order valence-corrected chi connectivity index (χ3v) is 7.29. The number of hydrogen-bond acceptors (Lipinski definition) is 5. The molecule has 1 fully saturated rings. The average molecular weight is 466 g/mol. The Balaban J connectivity index is 1.87. The van der Waals surface area contributed by atoms with Crippen molar-refractivity contribution in [2.24, 2.45) is 0 Å². The van der Waals surface area contributed by atoms with Crippen molar-refractivity contribution in [2.45, 2.75) is 18.4 Å². The monoisotopic (exact) mass is 465 g/mol. The third kappa shape index (κ3) is 5.98. The van der Waals surface area contributed by atoms with Gasteiger partial charge in [0, 0.05) is 32.7 Å². The molecule has 31 heavy (non-hydrogen) atoms. The lowest BCUT2D eigenvalue weighted by Gasteiger charge is -2.33. The number of amides is 1. The minimum absolute atomic E-state index is 0.0306. The molecule has 1 heterocycles. The lowest BCUT2D eigenvalue weighted by atomic mass is 10.2. The molecular formula is C22H28ClN3O4S. The number of piperazine rings is 1. The quantitative estimate of drug-likeness (QED) is 0.599. The number of rotatable bonds is 8. The molecule has 0 N–H and O–H groups in total. The van der Waals surface area contributed by atoms with E-state index in [1.54, 1.807) is 11.0 Å². The van der Waals surface area contributed by atoms with Crippen LogP contribution in [0.5, 0.6) is 5.75 Å². The fourth-order valence-corrected chi connectivity index (χ4v) is 5.09. The van der Waals surface area contributed by atoms with Crippen LogP contribution in [0.25, 0.3) is 0 Å². The van der Waals surface area contributed by atoms with Gasteiger partial charge in [-0.05, 0) is 37.7 Å². The predicted molar refractivity (Wildman–Crippen MR) is 121 cm³/mol. The summed E-state index contributed by atoms with van der Waals surface area (Å²) >= 11 is 6.23. The number of ether oxygens (including phenoxy) is 1. The molecule has 0 saturated carbocycles. The van der Waals surface area contributed by atoms with Crippen molar-refractivity contribution < 1.29 is 17.9 Å². The summed E-state index contributed by atoms with van der Waals surface area (Å²) in [6.45, 7) is 4.82. The summed E-state index contributed by atoms with van der Waals surface area (Å²) in [4.78, 5) is 16.8. The van der Waals surface area contributed by atoms with Crippen molar-refractivity contribution in [2.75, 3.05) is 46.4 Å². The van der Waals surface area contributed by atoms with E-state index in [0.717, 1.165) is 18.7 Å². The first-order chi connectivity index (χ1) is 14.8. The molecule has 0 aliphatic carbocycles. The fraction of sp³-hybridized carbons (Fsp3) is 0.409. The highest BCUT2D eigenvalue weighted by Crippen LogP contribution is 2.29. The normalized spacial score (nSPS) is 15.3. The minimum atomic E-state index is -3.96. The van der Waals surface area contributed by atoms with E-state index in [1.165, 1.54) is 16.4 Å². The summed E-state index contributed by atoms with van der Waals surface area (Å²) in [5, 5.41) is 0.216. The standard InChI is InChI=1S/C22H28ClN3O4S/c1-3-30-21-10-9-19(15-20(21)23)31(28,29)26(16-18-7-5-4-6-8-18)17-22(27)25-13-11-24(2)12-14-25/h4-10,15H,3,11-14,16-17H2,1-2H3. The number of likely N-dealkylation sites (N-methyl/N-ethyl adjacent to an activating group) is 1. The maximum absolute atomic E-state index is 13.5. The van der Waals surface area contributed by atoms with Crippen molar-refractivity contribution in [1.82, 2.24) is 14.1 Å². The zero-order valence-electron chi connectivity index (χ0n) is 17.8. The van der Waals surface area contributed by atoms with E-state index in [2.05, 4.69) is 4.90 Å². The number of carbonyl (C=O) groups is 1. The van der Waals surface area contributed by atoms with Crippen LogP contribution in [0.1, 0.15) is 12.5 Å². The Morgan fingerprint density at radius 2 is 1.77 bits per heavy atom. The van der Waals surface area contributed by atoms with Crippen molar-refractivity contribution in [1.29, 1.82) is 0 Å². The summed E-state index contributed by atoms with van der Waals surface area (Å²) in [7, 11) is -1.96. The summed E-state index contributed by atoms with van der Waals surface area (Å²) < 4.78 is 33.6. The van der Waals surface area contributed by atoms with Gasteiger partial charge in [-0.2, -0.15) is 4.31 Å². The van der Waals surface area contributed by atoms with Crippen LogP contribution in [0, 0.1) is 0 Å². The van der Waals surface area contributed by atoms with E-state index in [-0.39, 0.29) is 28.9 Å². The maximum atomic E-state index is 13.5. The highest BCUT2D eigenvalue weighted by Gasteiger charge is 2.30. The molecule has 2 aromatic rings. The van der Waals surface area contributed by atoms with Gasteiger partial charge in [0.1, 0.15) is 5.75 Å². The smallest absolute Gasteiger partial charge is 0.243 e. The van der Waals surface area contributed by atoms with Crippen molar-refractivity contribution in [3.63, 3.8) is 0 Å². The lowest BCUT2D eigenvalue weighted by molar-refractivity contribution is -0.133. The Labute approximate surface area is 189 Å². The van der Waals surface area contributed by atoms with Crippen LogP contribution in [0.15, 0.2) is 53.4 Å². The van der Waals surface area contributed by atoms with E-state index >= 15 is 0 Å². The van der Waals surface area contributed by atoms with Crippen LogP contribution in [-0.2, 0) is 21.4 Å². The van der Waals surface area contributed by atoms with Gasteiger partial charge >= 0.3 is 0 Å². The first kappa shape index (κ1) is 23.5. The van der Waals surface area contributed by atoms with Crippen LogP contribution in [0.3, 0.4) is 0 Å². The van der Waals surface area contributed by atoms with Gasteiger partial charge in [-0.1, -0.05) is 41.9 Å². The number of hydrogen-bond donors (Lipinski definition) is 0. The molecule has 1 aliphatic heterocycles. The maximum Gasteiger partial charge on any atom is 0.243 e. The van der Waals surface area contributed by atoms with Crippen LogP contribution in [0.4, 0.5) is 0 Å². The van der Waals surface area contributed by atoms with Gasteiger partial charge in [-0.25, -0.2) is 8.42 Å². The van der Waals surface area contributed by atoms with Gasteiger partial charge in [-0.3, -0.25) is 4.79 Å². The molecule has 0 radical (unpaired) electrons. The molecule has 9 heteroatoms. The lowest BCUT2D eigenvalue weighted by Crippen LogP contribution is -2.50. The predicted octanol–water partition coefficient (Wildman–Crippen LogP) is 2.70. The van der Waals surface area contributed by atoms with Crippen molar-refractivity contribution in [3.8, 4) is 5.75 Å². The van der Waals surface area contributed by atoms with Crippen molar-refractivity contribution >= 4 is 27.5 Å². The zero-order valence-corrected chi connectivity index (χ0v) is 19.4. The Morgan fingerprint density at radius 1 is 1.10 bits per heavy atom. The van der Waals surface area contributed by atoms with Gasteiger partial charge in [0.15, 0.2) is 0 Å². The SMILES string of the molecule is CCOc1ccc(S(=O)(=O)N(CC(=O)N2CCN(C)CC2)Cc2ccccc2)cc1Cl. The Kier molecular flexibility index (Phi) is 7.94. The molecule has 3 rings (SSSR count). The number of halogens is 1. The Morgan fingerprint density at radius 3 is 2.39 bits per heavy atom. The van der Waals surface area contributed by atoms with Gasteiger partial charge in [-0.15, -0.1) is 0 Å². The van der Waals surface area contributed by atoms with Gasteiger partial charge in [0.2, 0.25) is 15.9 Å². The molecule has 1 amide bonds. The number of sulfonamides is 1. The second-order valence-corrected chi connectivity index (χ2v) is 9.81. The van der Waals surface area contributed by atoms with Crippen LogP contribution in [-0.4, -0.2) is 74.8 Å². The fourth-order valence-electron chi connectivity index (χ4n) is 3.38. The molecule has 1 saturated heterocycles. The second-order valence-electron chi connectivity index (χ2n) is 7.47. The first-order valence-corrected chi connectivity index (χ1v) is 12.1. The Hall–Kier alpha value is -2.13. The molecule has 0 aromatic heterocycles. The number of nitrogens with zero attached hydrogens (tertiary/aromatic N) is 3. The number of benzene rings is 2. The molecule has 2 aromatic carbocycles. The summed E-state index contributed by atoms with van der Waals surface area (Å²) in [6.07, 6.45) is 0.